The molecular formula is C22H13Cl2N4NaO16S4. The Balaban J connectivity index is 0.00000650. The standard InChI is InChI=1S/C22H14Cl2N4O16S4.Na/c23-8-3-10(19(29)14(5-8)47(39,40)41)25-27-17-12(45(33,34)35)1-7-2-13(46(36,37)38)18(22(32)16(7)21(17)31)28-26-11-4-9(24)6-15(20(11)30)48(42,43)44;/h1-6,29-32H,(H,33,34,35)(H,36,37,38)(H,39,40,41)(H,42,43,44);/q;+1/p-1. The van der Waals surface area contributed by atoms with Gasteiger partial charge in [0, 0.05) is 10.0 Å². The minimum Gasteiger partial charge on any atom is -0.744 e. The van der Waals surface area contributed by atoms with E-state index in [0.29, 0.717) is 24.3 Å². The smallest absolute Gasteiger partial charge is 0.744 e. The van der Waals surface area contributed by atoms with Gasteiger partial charge in [-0.25, -0.2) is 8.42 Å². The van der Waals surface area contributed by atoms with Gasteiger partial charge in [-0.15, -0.1) is 20.5 Å². The molecule has 0 fully saturated rings. The van der Waals surface area contributed by atoms with E-state index in [0.717, 1.165) is 12.1 Å². The Labute approximate surface area is 306 Å². The number of phenolic OH excluding ortho intramolecular Hbond substituents is 4. The second-order valence-electron chi connectivity index (χ2n) is 9.06. The third-order valence-corrected chi connectivity index (χ3v) is 9.80. The normalized spacial score (nSPS) is 12.9. The first-order valence-electron chi connectivity index (χ1n) is 11.6. The van der Waals surface area contributed by atoms with Crippen molar-refractivity contribution in [2.45, 2.75) is 19.6 Å². The van der Waals surface area contributed by atoms with Crippen molar-refractivity contribution in [3.8, 4) is 23.0 Å². The first-order valence-corrected chi connectivity index (χ1v) is 18.1. The first kappa shape index (κ1) is 40.2. The molecule has 7 N–H and O–H groups in total. The maximum atomic E-state index is 12.2. The van der Waals surface area contributed by atoms with Crippen molar-refractivity contribution in [1.82, 2.24) is 0 Å². The molecule has 0 bridgehead atoms. The van der Waals surface area contributed by atoms with Crippen LogP contribution in [0.25, 0.3) is 10.8 Å². The molecule has 0 aliphatic carbocycles. The quantitative estimate of drug-likeness (QED) is 0.0752. The molecule has 0 saturated heterocycles. The number of phenols is 4. The van der Waals surface area contributed by atoms with Gasteiger partial charge in [-0.3, -0.25) is 13.7 Å². The topological polar surface area (TPSA) is 351 Å². The van der Waals surface area contributed by atoms with Crippen LogP contribution in [0.5, 0.6) is 23.0 Å². The summed E-state index contributed by atoms with van der Waals surface area (Å²) in [6, 6.07) is 3.48. The minimum atomic E-state index is -5.68. The summed E-state index contributed by atoms with van der Waals surface area (Å²) < 4.78 is 135. The maximum Gasteiger partial charge on any atom is 1.00 e. The summed E-state index contributed by atoms with van der Waals surface area (Å²) in [5, 5.41) is 53.3. The molecule has 4 rings (SSSR count). The molecule has 49 heavy (non-hydrogen) atoms. The van der Waals surface area contributed by atoms with Crippen LogP contribution >= 0.6 is 23.2 Å². The van der Waals surface area contributed by atoms with E-state index in [2.05, 4.69) is 20.5 Å². The monoisotopic (exact) mass is 810 g/mol. The van der Waals surface area contributed by atoms with E-state index in [1.54, 1.807) is 0 Å². The largest absolute Gasteiger partial charge is 1.00 e. The van der Waals surface area contributed by atoms with Gasteiger partial charge in [0.1, 0.15) is 47.6 Å². The number of benzene rings is 4. The van der Waals surface area contributed by atoms with Crippen molar-refractivity contribution >= 4 is 97.2 Å². The van der Waals surface area contributed by atoms with Crippen LogP contribution < -0.4 is 29.6 Å². The van der Waals surface area contributed by atoms with Crippen LogP contribution in [0.3, 0.4) is 0 Å². The number of hydrogen-bond donors (Lipinski definition) is 7. The van der Waals surface area contributed by atoms with Crippen molar-refractivity contribution in [3.05, 3.63) is 46.4 Å². The molecule has 0 amide bonds. The second-order valence-corrected chi connectivity index (χ2v) is 15.5. The third-order valence-electron chi connectivity index (χ3n) is 5.91. The molecule has 4 aromatic carbocycles. The molecule has 20 nitrogen and oxygen atoms in total. The van der Waals surface area contributed by atoms with E-state index >= 15 is 0 Å². The van der Waals surface area contributed by atoms with E-state index in [1.807, 2.05) is 0 Å². The third kappa shape index (κ3) is 8.39. The molecule has 27 heteroatoms. The number of nitrogens with zero attached hydrogens (tertiary/aromatic N) is 4. The van der Waals surface area contributed by atoms with E-state index in [4.69, 9.17) is 23.2 Å². The van der Waals surface area contributed by atoms with Crippen molar-refractivity contribution in [3.63, 3.8) is 0 Å². The zero-order valence-electron chi connectivity index (χ0n) is 23.4. The first-order chi connectivity index (χ1) is 21.8. The van der Waals surface area contributed by atoms with Crippen LogP contribution in [0.4, 0.5) is 22.7 Å². The van der Waals surface area contributed by atoms with Crippen molar-refractivity contribution in [2.75, 3.05) is 0 Å². The Morgan fingerprint density at radius 1 is 0.510 bits per heavy atom. The fourth-order valence-electron chi connectivity index (χ4n) is 3.92. The Morgan fingerprint density at radius 3 is 1.20 bits per heavy atom. The van der Waals surface area contributed by atoms with Gasteiger partial charge in [-0.2, -0.15) is 25.3 Å². The van der Waals surface area contributed by atoms with Gasteiger partial charge in [0.05, 0.1) is 10.3 Å². The average Bonchev–Trinajstić information content (AvgIpc) is 2.92. The van der Waals surface area contributed by atoms with Gasteiger partial charge >= 0.3 is 29.6 Å². The Kier molecular flexibility index (Phi) is 11.3. The number of aromatic hydroxyl groups is 4. The van der Waals surface area contributed by atoms with Crippen LogP contribution in [0, 0.1) is 0 Å². The summed E-state index contributed by atoms with van der Waals surface area (Å²) in [6.07, 6.45) is 0. The number of fused-ring (bicyclic) bond motifs is 1. The van der Waals surface area contributed by atoms with Gasteiger partial charge in [0.25, 0.3) is 30.4 Å². The van der Waals surface area contributed by atoms with Gasteiger partial charge in [-0.1, -0.05) is 23.2 Å². The maximum absolute atomic E-state index is 12.2. The predicted molar refractivity (Wildman–Crippen MR) is 159 cm³/mol. The van der Waals surface area contributed by atoms with Crippen molar-refractivity contribution < 1.29 is 102 Å². The average molecular weight is 812 g/mol. The van der Waals surface area contributed by atoms with Crippen molar-refractivity contribution in [1.29, 1.82) is 0 Å². The Hall–Kier alpha value is -3.24. The minimum absolute atomic E-state index is 0. The molecule has 0 spiro atoms. The summed E-state index contributed by atoms with van der Waals surface area (Å²) in [7, 11) is -21.3. The molecule has 0 saturated carbocycles. The summed E-state index contributed by atoms with van der Waals surface area (Å²) in [6.45, 7) is 0. The number of rotatable bonds is 8. The van der Waals surface area contributed by atoms with E-state index in [-0.39, 0.29) is 29.6 Å². The Morgan fingerprint density at radius 2 is 0.857 bits per heavy atom. The summed E-state index contributed by atoms with van der Waals surface area (Å²) in [4.78, 5) is -5.14. The van der Waals surface area contributed by atoms with Gasteiger partial charge in [0.15, 0.2) is 23.0 Å². The van der Waals surface area contributed by atoms with E-state index < -0.39 is 127 Å². The molecule has 0 aromatic heterocycles. The molecule has 0 aliphatic heterocycles. The van der Waals surface area contributed by atoms with Crippen LogP contribution in [0.1, 0.15) is 0 Å². The molecular weight excluding hydrogens is 798 g/mol. The molecule has 4 aromatic rings. The van der Waals surface area contributed by atoms with Crippen LogP contribution in [-0.2, 0) is 40.5 Å². The zero-order chi connectivity index (χ0) is 36.3. The number of halogens is 2. The molecule has 0 radical (unpaired) electrons. The van der Waals surface area contributed by atoms with Crippen LogP contribution in [-0.4, -0.2) is 72.3 Å². The predicted octanol–water partition coefficient (Wildman–Crippen LogP) is 1.45. The van der Waals surface area contributed by atoms with Gasteiger partial charge < -0.3 is 25.0 Å². The van der Waals surface area contributed by atoms with Crippen LogP contribution in [0.15, 0.2) is 76.4 Å². The number of azo groups is 2. The van der Waals surface area contributed by atoms with Crippen LogP contribution in [0.2, 0.25) is 10.0 Å². The molecule has 0 atom stereocenters. The van der Waals surface area contributed by atoms with Gasteiger partial charge in [-0.05, 0) is 41.8 Å². The fourth-order valence-corrected chi connectivity index (χ4v) is 7.02. The summed E-state index contributed by atoms with van der Waals surface area (Å²) in [5.41, 5.74) is -4.27. The zero-order valence-corrected chi connectivity index (χ0v) is 30.2. The summed E-state index contributed by atoms with van der Waals surface area (Å²) in [5.74, 6) is -5.42. The van der Waals surface area contributed by atoms with Gasteiger partial charge in [0.2, 0.25) is 0 Å². The molecule has 0 unspecified atom stereocenters. The second kappa shape index (κ2) is 13.8. The molecule has 256 valence electrons. The SMILES string of the molecule is O=S(=O)([O-])c1cc2cc(S(=O)(=O)O)c(N=Nc3cc(Cl)cc(S(=O)(=O)O)c3O)c(O)c2c(O)c1N=Nc1cc(Cl)cc(S(=O)(=O)O)c1O.[Na+]. The molecule has 0 aliphatic rings. The molecule has 0 heterocycles. The van der Waals surface area contributed by atoms with Crippen molar-refractivity contribution in [2.24, 2.45) is 20.5 Å². The summed E-state index contributed by atoms with van der Waals surface area (Å²) >= 11 is 11.5. The van der Waals surface area contributed by atoms with E-state index in [9.17, 15) is 72.3 Å². The fraction of sp³-hybridized carbons (Fsp3) is 0. The number of hydrogen-bond acceptors (Lipinski definition) is 17. The Bertz CT molecular complexity index is 2410. The van der Waals surface area contributed by atoms with E-state index in [1.165, 1.54) is 0 Å².